The van der Waals surface area contributed by atoms with Gasteiger partial charge < -0.3 is 14.6 Å². The lowest BCUT2D eigenvalue weighted by atomic mass is 9.86. The first-order valence-electron chi connectivity index (χ1n) is 10.9. The van der Waals surface area contributed by atoms with E-state index in [2.05, 4.69) is 12.2 Å². The predicted molar refractivity (Wildman–Crippen MR) is 120 cm³/mol. The first-order valence-corrected chi connectivity index (χ1v) is 12.3. The second-order valence-electron chi connectivity index (χ2n) is 9.16. The Bertz CT molecular complexity index is 1120. The van der Waals surface area contributed by atoms with Crippen LogP contribution in [0.15, 0.2) is 45.9 Å². The molecule has 1 aromatic carbocycles. The fourth-order valence-corrected chi connectivity index (χ4v) is 6.07. The van der Waals surface area contributed by atoms with Crippen molar-refractivity contribution in [2.75, 3.05) is 24.5 Å². The van der Waals surface area contributed by atoms with E-state index in [4.69, 9.17) is 4.42 Å². The number of sulfonamides is 1. The van der Waals surface area contributed by atoms with Crippen molar-refractivity contribution in [1.29, 1.82) is 0 Å². The molecule has 2 aliphatic rings. The molecule has 2 aromatic rings. The third-order valence-corrected chi connectivity index (χ3v) is 8.17. The van der Waals surface area contributed by atoms with Crippen LogP contribution in [-0.4, -0.2) is 44.2 Å². The molecule has 2 amide bonds. The second kappa shape index (κ2) is 8.37. The summed E-state index contributed by atoms with van der Waals surface area (Å²) in [5, 5.41) is 2.74. The Morgan fingerprint density at radius 3 is 2.75 bits per heavy atom. The van der Waals surface area contributed by atoms with Gasteiger partial charge in [0.25, 0.3) is 0 Å². The van der Waals surface area contributed by atoms with Gasteiger partial charge in [0.1, 0.15) is 12.3 Å². The molecule has 172 valence electrons. The van der Waals surface area contributed by atoms with Crippen molar-refractivity contribution in [3.8, 4) is 0 Å². The molecule has 1 N–H and O–H groups in total. The van der Waals surface area contributed by atoms with Crippen LogP contribution in [0.4, 0.5) is 5.69 Å². The van der Waals surface area contributed by atoms with Gasteiger partial charge in [-0.1, -0.05) is 6.92 Å². The molecular formula is C23H29N3O5S. The maximum atomic E-state index is 13.2. The molecule has 1 aromatic heterocycles. The van der Waals surface area contributed by atoms with Gasteiger partial charge >= 0.3 is 0 Å². The maximum absolute atomic E-state index is 13.2. The molecule has 32 heavy (non-hydrogen) atoms. The largest absolute Gasteiger partial charge is 0.467 e. The zero-order chi connectivity index (χ0) is 23.1. The molecule has 4 rings (SSSR count). The van der Waals surface area contributed by atoms with Crippen molar-refractivity contribution in [3.05, 3.63) is 47.9 Å². The van der Waals surface area contributed by atoms with Crippen LogP contribution in [0.5, 0.6) is 0 Å². The van der Waals surface area contributed by atoms with E-state index in [1.54, 1.807) is 38.1 Å². The monoisotopic (exact) mass is 459 g/mol. The molecule has 0 radical (unpaired) electrons. The van der Waals surface area contributed by atoms with E-state index in [-0.39, 0.29) is 29.8 Å². The molecular weight excluding hydrogens is 430 g/mol. The smallest absolute Gasteiger partial charge is 0.243 e. The standard InChI is InChI=1S/C23H29N3O5S/c1-16-6-4-10-25(14-16)32(29,30)18-8-9-20-19(12-18)23(2,3)22(28)26(20)15-21(27)24-13-17-7-5-11-31-17/h5,7-9,11-12,16H,4,6,10,13-15H2,1-3H3,(H,24,27)/t16-/m1/s1. The van der Waals surface area contributed by atoms with Gasteiger partial charge in [-0.2, -0.15) is 4.31 Å². The first kappa shape index (κ1) is 22.5. The summed E-state index contributed by atoms with van der Waals surface area (Å²) in [5.74, 6) is 0.383. The summed E-state index contributed by atoms with van der Waals surface area (Å²) in [5.41, 5.74) is 0.253. The van der Waals surface area contributed by atoms with E-state index in [0.29, 0.717) is 36.0 Å². The van der Waals surface area contributed by atoms with E-state index in [9.17, 15) is 18.0 Å². The van der Waals surface area contributed by atoms with Gasteiger partial charge in [0.05, 0.1) is 23.1 Å². The van der Waals surface area contributed by atoms with E-state index >= 15 is 0 Å². The number of carbonyl (C=O) groups excluding carboxylic acids is 2. The molecule has 0 unspecified atom stereocenters. The number of anilines is 1. The van der Waals surface area contributed by atoms with Crippen LogP contribution in [0.2, 0.25) is 0 Å². The van der Waals surface area contributed by atoms with E-state index < -0.39 is 15.4 Å². The molecule has 0 spiro atoms. The zero-order valence-corrected chi connectivity index (χ0v) is 19.4. The number of benzene rings is 1. The highest BCUT2D eigenvalue weighted by Crippen LogP contribution is 2.42. The predicted octanol–water partition coefficient (Wildman–Crippen LogP) is 2.64. The quantitative estimate of drug-likeness (QED) is 0.716. The van der Waals surface area contributed by atoms with Crippen LogP contribution in [0.1, 0.15) is 44.9 Å². The summed E-state index contributed by atoms with van der Waals surface area (Å²) < 4.78 is 33.2. The molecule has 1 fully saturated rings. The Balaban J connectivity index is 1.57. The number of hydrogen-bond donors (Lipinski definition) is 1. The lowest BCUT2D eigenvalue weighted by Gasteiger charge is -2.30. The average molecular weight is 460 g/mol. The Hall–Kier alpha value is -2.65. The maximum Gasteiger partial charge on any atom is 0.243 e. The fourth-order valence-electron chi connectivity index (χ4n) is 4.44. The topological polar surface area (TPSA) is 99.9 Å². The van der Waals surface area contributed by atoms with Crippen LogP contribution < -0.4 is 10.2 Å². The van der Waals surface area contributed by atoms with Crippen LogP contribution in [0.25, 0.3) is 0 Å². The SMILES string of the molecule is C[C@@H]1CCCN(S(=O)(=O)c2ccc3c(c2)C(C)(C)C(=O)N3CC(=O)NCc2ccco2)C1. The van der Waals surface area contributed by atoms with E-state index in [1.807, 2.05) is 0 Å². The van der Waals surface area contributed by atoms with Gasteiger partial charge in [0.15, 0.2) is 0 Å². The van der Waals surface area contributed by atoms with Gasteiger partial charge in [0.2, 0.25) is 21.8 Å². The van der Waals surface area contributed by atoms with Crippen molar-refractivity contribution in [1.82, 2.24) is 9.62 Å². The van der Waals surface area contributed by atoms with Crippen molar-refractivity contribution < 1.29 is 22.4 Å². The third-order valence-electron chi connectivity index (χ3n) is 6.31. The summed E-state index contributed by atoms with van der Waals surface area (Å²) >= 11 is 0. The van der Waals surface area contributed by atoms with Crippen LogP contribution in [0.3, 0.4) is 0 Å². The summed E-state index contributed by atoms with van der Waals surface area (Å²) in [6, 6.07) is 8.27. The number of piperidine rings is 1. The average Bonchev–Trinajstić information content (AvgIpc) is 3.34. The Labute approximate surface area is 188 Å². The highest BCUT2D eigenvalue weighted by molar-refractivity contribution is 7.89. The van der Waals surface area contributed by atoms with Gasteiger partial charge in [-0.3, -0.25) is 9.59 Å². The number of fused-ring (bicyclic) bond motifs is 1. The number of amides is 2. The molecule has 0 saturated carbocycles. The summed E-state index contributed by atoms with van der Waals surface area (Å²) in [7, 11) is -3.64. The zero-order valence-electron chi connectivity index (χ0n) is 18.6. The third kappa shape index (κ3) is 4.06. The lowest BCUT2D eigenvalue weighted by Crippen LogP contribution is -2.42. The van der Waals surface area contributed by atoms with Gasteiger partial charge in [-0.25, -0.2) is 8.42 Å². The summed E-state index contributed by atoms with van der Waals surface area (Å²) in [4.78, 5) is 27.2. The van der Waals surface area contributed by atoms with Gasteiger partial charge in [0, 0.05) is 18.8 Å². The minimum absolute atomic E-state index is 0.147. The Morgan fingerprint density at radius 1 is 1.28 bits per heavy atom. The number of carbonyl (C=O) groups is 2. The molecule has 1 saturated heterocycles. The van der Waals surface area contributed by atoms with Crippen molar-refractivity contribution >= 4 is 27.5 Å². The number of rotatable bonds is 6. The molecule has 1 atom stereocenters. The second-order valence-corrected chi connectivity index (χ2v) is 11.1. The summed E-state index contributed by atoms with van der Waals surface area (Å²) in [6.45, 7) is 6.67. The van der Waals surface area contributed by atoms with Gasteiger partial charge in [-0.15, -0.1) is 0 Å². The normalized spacial score (nSPS) is 20.9. The van der Waals surface area contributed by atoms with Crippen LogP contribution >= 0.6 is 0 Å². The van der Waals surface area contributed by atoms with E-state index in [0.717, 1.165) is 12.8 Å². The number of nitrogens with zero attached hydrogens (tertiary/aromatic N) is 2. The minimum Gasteiger partial charge on any atom is -0.467 e. The minimum atomic E-state index is -3.64. The Morgan fingerprint density at radius 2 is 2.06 bits per heavy atom. The highest BCUT2D eigenvalue weighted by Gasteiger charge is 2.45. The van der Waals surface area contributed by atoms with Gasteiger partial charge in [-0.05, 0) is 68.5 Å². The molecule has 9 heteroatoms. The summed E-state index contributed by atoms with van der Waals surface area (Å²) in [6.07, 6.45) is 3.39. The molecule has 8 nitrogen and oxygen atoms in total. The van der Waals surface area contributed by atoms with Crippen molar-refractivity contribution in [2.24, 2.45) is 5.92 Å². The van der Waals surface area contributed by atoms with Crippen molar-refractivity contribution in [2.45, 2.75) is 50.5 Å². The highest BCUT2D eigenvalue weighted by atomic mass is 32.2. The van der Waals surface area contributed by atoms with E-state index in [1.165, 1.54) is 21.5 Å². The van der Waals surface area contributed by atoms with Crippen LogP contribution in [-0.2, 0) is 31.6 Å². The molecule has 0 bridgehead atoms. The number of hydrogen-bond acceptors (Lipinski definition) is 5. The van der Waals surface area contributed by atoms with Crippen LogP contribution in [0, 0.1) is 5.92 Å². The molecule has 2 aliphatic heterocycles. The van der Waals surface area contributed by atoms with Crippen molar-refractivity contribution in [3.63, 3.8) is 0 Å². The number of furan rings is 1. The first-order chi connectivity index (χ1) is 15.1. The number of nitrogens with one attached hydrogen (secondary N) is 1. The molecule has 3 heterocycles. The fraction of sp³-hybridized carbons (Fsp3) is 0.478. The molecule has 0 aliphatic carbocycles. The lowest BCUT2D eigenvalue weighted by molar-refractivity contribution is -0.125. The Kier molecular flexibility index (Phi) is 5.89.